The lowest BCUT2D eigenvalue weighted by atomic mass is 9.98. The predicted molar refractivity (Wildman–Crippen MR) is 123 cm³/mol. The Morgan fingerprint density at radius 3 is 2.94 bits per heavy atom. The monoisotopic (exact) mass is 421 g/mol. The van der Waals surface area contributed by atoms with Gasteiger partial charge in [0.05, 0.1) is 0 Å². The van der Waals surface area contributed by atoms with Gasteiger partial charge in [-0.1, -0.05) is 25.1 Å². The van der Waals surface area contributed by atoms with Crippen molar-refractivity contribution in [2.45, 2.75) is 39.5 Å². The number of likely N-dealkylation sites (tertiary alicyclic amines) is 1. The average molecular weight is 422 g/mol. The van der Waals surface area contributed by atoms with Crippen LogP contribution >= 0.6 is 0 Å². The van der Waals surface area contributed by atoms with E-state index < -0.39 is 5.63 Å². The van der Waals surface area contributed by atoms with Crippen LogP contribution in [0.2, 0.25) is 0 Å². The normalized spacial score (nSPS) is 17.2. The topological polar surface area (TPSA) is 78.3 Å². The molecular formula is C25H31N3O3. The number of benzene rings is 1. The molecule has 3 aromatic rings. The van der Waals surface area contributed by atoms with E-state index in [1.807, 2.05) is 30.5 Å². The molecule has 6 heteroatoms. The third-order valence-corrected chi connectivity index (χ3v) is 6.34. The molecule has 1 aliphatic rings. The summed E-state index contributed by atoms with van der Waals surface area (Å²) in [6, 6.07) is 9.98. The number of aryl methyl sites for hydroxylation is 3. The molecule has 1 aromatic carbocycles. The van der Waals surface area contributed by atoms with Crippen molar-refractivity contribution >= 4 is 16.8 Å². The predicted octanol–water partition coefficient (Wildman–Crippen LogP) is 3.68. The van der Waals surface area contributed by atoms with E-state index >= 15 is 0 Å². The molecule has 0 aliphatic carbocycles. The molecule has 1 aliphatic heterocycles. The molecule has 0 radical (unpaired) electrons. The molecule has 31 heavy (non-hydrogen) atoms. The van der Waals surface area contributed by atoms with Crippen LogP contribution in [0.4, 0.5) is 0 Å². The molecule has 0 saturated carbocycles. The fraction of sp³-hybridized carbons (Fsp3) is 0.440. The summed E-state index contributed by atoms with van der Waals surface area (Å²) in [5.74, 6) is 0.707. The molecule has 1 unspecified atom stereocenters. The van der Waals surface area contributed by atoms with Gasteiger partial charge in [0.15, 0.2) is 0 Å². The van der Waals surface area contributed by atoms with E-state index in [2.05, 4.69) is 28.2 Å². The van der Waals surface area contributed by atoms with Gasteiger partial charge in [-0.05, 0) is 68.5 Å². The average Bonchev–Trinajstić information content (AvgIpc) is 3.19. The van der Waals surface area contributed by atoms with Crippen LogP contribution in [0, 0.1) is 12.8 Å². The highest BCUT2D eigenvalue weighted by Crippen LogP contribution is 2.20. The van der Waals surface area contributed by atoms with Crippen molar-refractivity contribution in [2.24, 2.45) is 5.92 Å². The number of piperidine rings is 1. The summed E-state index contributed by atoms with van der Waals surface area (Å²) >= 11 is 0. The maximum absolute atomic E-state index is 12.7. The molecule has 4 rings (SSSR count). The minimum absolute atomic E-state index is 0.124. The quantitative estimate of drug-likeness (QED) is 0.610. The van der Waals surface area contributed by atoms with Gasteiger partial charge in [-0.2, -0.15) is 0 Å². The standard InChI is InChI=1S/C25H31N3O3/c1-3-28-12-6-7-18(16-28)14-27-24(29)23-17(2)13-20(31-25(23)30)11-10-19-15-26-22-9-5-4-8-21(19)22/h4-5,8-9,13,15,18,26H,3,6-7,10-12,14,16H2,1-2H3,(H,27,29). The van der Waals surface area contributed by atoms with Crippen LogP contribution in [0.5, 0.6) is 0 Å². The second kappa shape index (κ2) is 9.52. The summed E-state index contributed by atoms with van der Waals surface area (Å²) in [4.78, 5) is 31.0. The second-order valence-electron chi connectivity index (χ2n) is 8.53. The molecular weight excluding hydrogens is 390 g/mol. The highest BCUT2D eigenvalue weighted by atomic mass is 16.4. The van der Waals surface area contributed by atoms with E-state index in [1.165, 1.54) is 10.9 Å². The van der Waals surface area contributed by atoms with Crippen molar-refractivity contribution in [3.8, 4) is 0 Å². The van der Waals surface area contributed by atoms with Gasteiger partial charge in [-0.25, -0.2) is 4.79 Å². The Bertz CT molecular complexity index is 1110. The number of aromatic nitrogens is 1. The number of carbonyl (C=O) groups is 1. The fourth-order valence-electron chi connectivity index (χ4n) is 4.60. The first kappa shape index (κ1) is 21.4. The lowest BCUT2D eigenvalue weighted by Gasteiger charge is -2.31. The number of hydrogen-bond acceptors (Lipinski definition) is 4. The summed E-state index contributed by atoms with van der Waals surface area (Å²) < 4.78 is 5.51. The first-order valence-corrected chi connectivity index (χ1v) is 11.2. The Labute approximate surface area is 182 Å². The second-order valence-corrected chi connectivity index (χ2v) is 8.53. The molecule has 6 nitrogen and oxygen atoms in total. The van der Waals surface area contributed by atoms with E-state index in [0.717, 1.165) is 44.4 Å². The third-order valence-electron chi connectivity index (χ3n) is 6.34. The van der Waals surface area contributed by atoms with Gasteiger partial charge in [-0.15, -0.1) is 0 Å². The molecule has 2 N–H and O–H groups in total. The number of para-hydroxylation sites is 1. The molecule has 1 saturated heterocycles. The Hall–Kier alpha value is -2.86. The Kier molecular flexibility index (Phi) is 6.56. The third kappa shape index (κ3) is 4.90. The zero-order chi connectivity index (χ0) is 21.8. The van der Waals surface area contributed by atoms with Crippen LogP contribution in [0.15, 0.2) is 45.7 Å². The minimum Gasteiger partial charge on any atom is -0.427 e. The molecule has 2 aromatic heterocycles. The van der Waals surface area contributed by atoms with Crippen molar-refractivity contribution in [2.75, 3.05) is 26.2 Å². The van der Waals surface area contributed by atoms with E-state index in [0.29, 0.717) is 30.2 Å². The molecule has 164 valence electrons. The first-order chi connectivity index (χ1) is 15.0. The van der Waals surface area contributed by atoms with Crippen molar-refractivity contribution in [3.63, 3.8) is 0 Å². The highest BCUT2D eigenvalue weighted by molar-refractivity contribution is 5.95. The number of nitrogens with zero attached hydrogens (tertiary/aromatic N) is 1. The van der Waals surface area contributed by atoms with Gasteiger partial charge in [0, 0.05) is 36.6 Å². The maximum Gasteiger partial charge on any atom is 0.349 e. The van der Waals surface area contributed by atoms with Crippen LogP contribution in [-0.2, 0) is 12.8 Å². The van der Waals surface area contributed by atoms with E-state index in [9.17, 15) is 9.59 Å². The summed E-state index contributed by atoms with van der Waals surface area (Å²) in [5, 5.41) is 4.14. The summed E-state index contributed by atoms with van der Waals surface area (Å²) in [7, 11) is 0. The van der Waals surface area contributed by atoms with Crippen molar-refractivity contribution < 1.29 is 9.21 Å². The zero-order valence-electron chi connectivity index (χ0n) is 18.4. The summed E-state index contributed by atoms with van der Waals surface area (Å²) in [5.41, 5.74) is 2.53. The molecule has 1 amide bonds. The van der Waals surface area contributed by atoms with E-state index in [1.54, 1.807) is 6.92 Å². The number of carbonyl (C=O) groups excluding carboxylic acids is 1. The Balaban J connectivity index is 1.39. The van der Waals surface area contributed by atoms with E-state index in [-0.39, 0.29) is 11.5 Å². The number of amides is 1. The SMILES string of the molecule is CCN1CCCC(CNC(=O)c2c(C)cc(CCc3c[nH]c4ccccc34)oc2=O)C1. The fourth-order valence-corrected chi connectivity index (χ4v) is 4.60. The molecule has 1 fully saturated rings. The zero-order valence-corrected chi connectivity index (χ0v) is 18.4. The van der Waals surface area contributed by atoms with Crippen molar-refractivity contribution in [1.29, 1.82) is 0 Å². The molecule has 0 spiro atoms. The Morgan fingerprint density at radius 1 is 1.29 bits per heavy atom. The highest BCUT2D eigenvalue weighted by Gasteiger charge is 2.22. The molecule has 0 bridgehead atoms. The van der Waals surface area contributed by atoms with Crippen LogP contribution in [0.3, 0.4) is 0 Å². The number of aromatic amines is 1. The molecule has 1 atom stereocenters. The number of rotatable bonds is 7. The Morgan fingerprint density at radius 2 is 2.13 bits per heavy atom. The van der Waals surface area contributed by atoms with Gasteiger partial charge in [-0.3, -0.25) is 4.79 Å². The summed E-state index contributed by atoms with van der Waals surface area (Å²) in [6.07, 6.45) is 5.63. The van der Waals surface area contributed by atoms with Crippen LogP contribution in [-0.4, -0.2) is 42.0 Å². The van der Waals surface area contributed by atoms with Crippen LogP contribution in [0.25, 0.3) is 10.9 Å². The minimum atomic E-state index is -0.551. The first-order valence-electron chi connectivity index (χ1n) is 11.2. The van der Waals surface area contributed by atoms with Gasteiger partial charge in [0.2, 0.25) is 0 Å². The van der Waals surface area contributed by atoms with Crippen LogP contribution in [0.1, 0.15) is 47.0 Å². The summed E-state index contributed by atoms with van der Waals surface area (Å²) in [6.45, 7) is 7.72. The lowest BCUT2D eigenvalue weighted by molar-refractivity contribution is 0.0928. The van der Waals surface area contributed by atoms with Crippen molar-refractivity contribution in [1.82, 2.24) is 15.2 Å². The number of hydrogen-bond donors (Lipinski definition) is 2. The lowest BCUT2D eigenvalue weighted by Crippen LogP contribution is -2.41. The van der Waals surface area contributed by atoms with Gasteiger partial charge >= 0.3 is 5.63 Å². The number of fused-ring (bicyclic) bond motifs is 1. The van der Waals surface area contributed by atoms with Gasteiger partial charge in [0.25, 0.3) is 5.91 Å². The number of nitrogens with one attached hydrogen (secondary N) is 2. The largest absolute Gasteiger partial charge is 0.427 e. The van der Waals surface area contributed by atoms with E-state index in [4.69, 9.17) is 4.42 Å². The molecule has 3 heterocycles. The van der Waals surface area contributed by atoms with Gasteiger partial charge in [0.1, 0.15) is 11.3 Å². The smallest absolute Gasteiger partial charge is 0.349 e. The van der Waals surface area contributed by atoms with Gasteiger partial charge < -0.3 is 19.6 Å². The number of H-pyrrole nitrogens is 1. The maximum atomic E-state index is 12.7. The van der Waals surface area contributed by atoms with Crippen LogP contribution < -0.4 is 10.9 Å². The van der Waals surface area contributed by atoms with Crippen molar-refractivity contribution in [3.05, 3.63) is 69.4 Å².